The Morgan fingerprint density at radius 1 is 1.10 bits per heavy atom. The van der Waals surface area contributed by atoms with Gasteiger partial charge in [0.2, 0.25) is 0 Å². The Bertz CT molecular complexity index is 672. The fourth-order valence-electron chi connectivity index (χ4n) is 2.07. The van der Waals surface area contributed by atoms with Crippen molar-refractivity contribution in [3.05, 3.63) is 72.6 Å². The van der Waals surface area contributed by atoms with E-state index < -0.39 is 0 Å². The Labute approximate surface area is 118 Å². The van der Waals surface area contributed by atoms with Crippen LogP contribution in [0, 0.1) is 6.92 Å². The maximum Gasteiger partial charge on any atom is 0.0991 e. The monoisotopic (exact) mass is 264 g/mol. The number of hydrogen-bond acceptors (Lipinski definition) is 3. The molecule has 0 bridgehead atoms. The van der Waals surface area contributed by atoms with Crippen molar-refractivity contribution in [2.45, 2.75) is 13.5 Å². The maximum atomic E-state index is 4.27. The highest BCUT2D eigenvalue weighted by atomic mass is 15.0. The summed E-state index contributed by atoms with van der Waals surface area (Å²) in [6, 6.07) is 12.4. The van der Waals surface area contributed by atoms with E-state index in [1.165, 1.54) is 5.56 Å². The maximum absolute atomic E-state index is 4.27. The molecule has 0 saturated heterocycles. The minimum atomic E-state index is 0.788. The Balaban J connectivity index is 1.68. The molecule has 1 N–H and O–H groups in total. The van der Waals surface area contributed by atoms with E-state index in [1.807, 2.05) is 29.8 Å². The number of aromatic nitrogens is 3. The van der Waals surface area contributed by atoms with Gasteiger partial charge in [-0.1, -0.05) is 12.1 Å². The lowest BCUT2D eigenvalue weighted by molar-refractivity contribution is 1.05. The SMILES string of the molecule is Cc1ncccc1NCc1ccc(-n2ccnc2)cc1. The first-order valence-corrected chi connectivity index (χ1v) is 6.56. The molecule has 0 unspecified atom stereocenters. The summed E-state index contributed by atoms with van der Waals surface area (Å²) in [5, 5.41) is 3.40. The van der Waals surface area contributed by atoms with Gasteiger partial charge in [-0.15, -0.1) is 0 Å². The molecule has 0 saturated carbocycles. The van der Waals surface area contributed by atoms with Crippen molar-refractivity contribution in [2.75, 3.05) is 5.32 Å². The average Bonchev–Trinajstić information content (AvgIpc) is 3.01. The molecule has 3 rings (SSSR count). The van der Waals surface area contributed by atoms with Gasteiger partial charge >= 0.3 is 0 Å². The molecular formula is C16H16N4. The van der Waals surface area contributed by atoms with E-state index in [4.69, 9.17) is 0 Å². The molecule has 0 radical (unpaired) electrons. The molecule has 0 spiro atoms. The predicted octanol–water partition coefficient (Wildman–Crippen LogP) is 3.19. The Kier molecular flexibility index (Phi) is 3.46. The lowest BCUT2D eigenvalue weighted by Gasteiger charge is -2.09. The highest BCUT2D eigenvalue weighted by molar-refractivity contribution is 5.47. The number of pyridine rings is 1. The van der Waals surface area contributed by atoms with E-state index in [2.05, 4.69) is 39.6 Å². The molecule has 3 aromatic rings. The standard InChI is InChI=1S/C16H16N4/c1-13-16(3-2-8-18-13)19-11-14-4-6-15(7-5-14)20-10-9-17-12-20/h2-10,12,19H,11H2,1H3. The van der Waals surface area contributed by atoms with Crippen molar-refractivity contribution in [1.82, 2.24) is 14.5 Å². The van der Waals surface area contributed by atoms with Gasteiger partial charge in [0.1, 0.15) is 0 Å². The molecule has 2 heterocycles. The van der Waals surface area contributed by atoms with Crippen molar-refractivity contribution in [2.24, 2.45) is 0 Å². The van der Waals surface area contributed by atoms with Gasteiger partial charge in [-0.3, -0.25) is 4.98 Å². The molecule has 0 fully saturated rings. The second-order valence-corrected chi connectivity index (χ2v) is 4.63. The molecule has 0 aliphatic carbocycles. The number of rotatable bonds is 4. The highest BCUT2D eigenvalue weighted by Gasteiger charge is 1.99. The van der Waals surface area contributed by atoms with Crippen LogP contribution in [0.15, 0.2) is 61.3 Å². The van der Waals surface area contributed by atoms with Gasteiger partial charge in [0.25, 0.3) is 0 Å². The number of imidazole rings is 1. The lowest BCUT2D eigenvalue weighted by Crippen LogP contribution is -2.02. The van der Waals surface area contributed by atoms with Gasteiger partial charge in [0.05, 0.1) is 17.7 Å². The van der Waals surface area contributed by atoms with E-state index in [0.717, 1.165) is 23.6 Å². The first kappa shape index (κ1) is 12.4. The smallest absolute Gasteiger partial charge is 0.0991 e. The van der Waals surface area contributed by atoms with Crippen molar-refractivity contribution in [3.8, 4) is 5.69 Å². The fourth-order valence-corrected chi connectivity index (χ4v) is 2.07. The number of benzene rings is 1. The summed E-state index contributed by atoms with van der Waals surface area (Å²) in [5.41, 5.74) is 4.44. The fraction of sp³-hybridized carbons (Fsp3) is 0.125. The summed E-state index contributed by atoms with van der Waals surface area (Å²) in [5.74, 6) is 0. The molecule has 4 heteroatoms. The zero-order valence-electron chi connectivity index (χ0n) is 11.3. The molecule has 2 aromatic heterocycles. The van der Waals surface area contributed by atoms with Gasteiger partial charge in [-0.2, -0.15) is 0 Å². The quantitative estimate of drug-likeness (QED) is 0.787. The third-order valence-corrected chi connectivity index (χ3v) is 3.23. The van der Waals surface area contributed by atoms with Crippen molar-refractivity contribution < 1.29 is 0 Å². The Hall–Kier alpha value is -2.62. The van der Waals surface area contributed by atoms with Crippen LogP contribution in [0.4, 0.5) is 5.69 Å². The van der Waals surface area contributed by atoms with Crippen molar-refractivity contribution in [1.29, 1.82) is 0 Å². The Morgan fingerprint density at radius 2 is 1.95 bits per heavy atom. The van der Waals surface area contributed by atoms with Gasteiger partial charge in [0.15, 0.2) is 0 Å². The second kappa shape index (κ2) is 5.57. The molecule has 100 valence electrons. The van der Waals surface area contributed by atoms with Gasteiger partial charge < -0.3 is 9.88 Å². The predicted molar refractivity (Wildman–Crippen MR) is 79.9 cm³/mol. The molecule has 20 heavy (non-hydrogen) atoms. The topological polar surface area (TPSA) is 42.7 Å². The van der Waals surface area contributed by atoms with Crippen molar-refractivity contribution >= 4 is 5.69 Å². The second-order valence-electron chi connectivity index (χ2n) is 4.63. The van der Waals surface area contributed by atoms with Crippen molar-refractivity contribution in [3.63, 3.8) is 0 Å². The van der Waals surface area contributed by atoms with Crippen LogP contribution in [0.2, 0.25) is 0 Å². The van der Waals surface area contributed by atoms with Crippen LogP contribution in [-0.4, -0.2) is 14.5 Å². The summed E-state index contributed by atoms with van der Waals surface area (Å²) >= 11 is 0. The number of hydrogen-bond donors (Lipinski definition) is 1. The summed E-state index contributed by atoms with van der Waals surface area (Å²) in [4.78, 5) is 8.32. The first-order valence-electron chi connectivity index (χ1n) is 6.56. The molecule has 1 aromatic carbocycles. The zero-order valence-corrected chi connectivity index (χ0v) is 11.3. The third-order valence-electron chi connectivity index (χ3n) is 3.23. The van der Waals surface area contributed by atoms with E-state index in [-0.39, 0.29) is 0 Å². The summed E-state index contributed by atoms with van der Waals surface area (Å²) < 4.78 is 1.99. The zero-order chi connectivity index (χ0) is 13.8. The number of nitrogens with one attached hydrogen (secondary N) is 1. The number of anilines is 1. The van der Waals surface area contributed by atoms with E-state index in [9.17, 15) is 0 Å². The van der Waals surface area contributed by atoms with Crippen LogP contribution < -0.4 is 5.32 Å². The van der Waals surface area contributed by atoms with Crippen LogP contribution in [0.3, 0.4) is 0 Å². The largest absolute Gasteiger partial charge is 0.380 e. The number of aryl methyl sites for hydroxylation is 1. The molecule has 0 amide bonds. The molecule has 0 aliphatic heterocycles. The highest BCUT2D eigenvalue weighted by Crippen LogP contribution is 2.14. The van der Waals surface area contributed by atoms with E-state index in [1.54, 1.807) is 18.7 Å². The average molecular weight is 264 g/mol. The number of nitrogens with zero attached hydrogens (tertiary/aromatic N) is 3. The minimum Gasteiger partial charge on any atom is -0.380 e. The molecular weight excluding hydrogens is 248 g/mol. The molecule has 0 atom stereocenters. The van der Waals surface area contributed by atoms with Crippen LogP contribution in [-0.2, 0) is 6.54 Å². The van der Waals surface area contributed by atoms with Crippen LogP contribution >= 0.6 is 0 Å². The third kappa shape index (κ3) is 2.69. The summed E-state index contributed by atoms with van der Waals surface area (Å²) in [6.45, 7) is 2.79. The van der Waals surface area contributed by atoms with Gasteiger partial charge in [-0.25, -0.2) is 4.98 Å². The lowest BCUT2D eigenvalue weighted by atomic mass is 10.2. The molecule has 4 nitrogen and oxygen atoms in total. The van der Waals surface area contributed by atoms with E-state index in [0.29, 0.717) is 0 Å². The van der Waals surface area contributed by atoms with Crippen LogP contribution in [0.5, 0.6) is 0 Å². The first-order chi connectivity index (χ1) is 9.83. The van der Waals surface area contributed by atoms with Gasteiger partial charge in [0, 0.05) is 30.8 Å². The van der Waals surface area contributed by atoms with Crippen LogP contribution in [0.1, 0.15) is 11.3 Å². The summed E-state index contributed by atoms with van der Waals surface area (Å²) in [6.07, 6.45) is 7.32. The minimum absolute atomic E-state index is 0.788. The van der Waals surface area contributed by atoms with Crippen LogP contribution in [0.25, 0.3) is 5.69 Å². The van der Waals surface area contributed by atoms with Gasteiger partial charge in [-0.05, 0) is 36.8 Å². The Morgan fingerprint density at radius 3 is 2.65 bits per heavy atom. The normalized spacial score (nSPS) is 10.4. The summed E-state index contributed by atoms with van der Waals surface area (Å²) in [7, 11) is 0. The molecule has 0 aliphatic rings. The van der Waals surface area contributed by atoms with E-state index >= 15 is 0 Å².